The zero-order valence-electron chi connectivity index (χ0n) is 8.49. The molecule has 0 saturated heterocycles. The van der Waals surface area contributed by atoms with Gasteiger partial charge in [0.15, 0.2) is 0 Å². The molecule has 0 atom stereocenters. The maximum atomic E-state index is 10.9. The molecule has 0 aliphatic heterocycles. The summed E-state index contributed by atoms with van der Waals surface area (Å²) in [7, 11) is 0. The third-order valence-electron chi connectivity index (χ3n) is 2.26. The zero-order valence-corrected chi connectivity index (χ0v) is 9.25. The number of hydrogen-bond donors (Lipinski definition) is 2. The van der Waals surface area contributed by atoms with E-state index in [2.05, 4.69) is 10.2 Å². The third kappa shape index (κ3) is 1.79. The predicted molar refractivity (Wildman–Crippen MR) is 60.7 cm³/mol. The Balaban J connectivity index is 2.59. The summed E-state index contributed by atoms with van der Waals surface area (Å²) < 4.78 is 0. The molecule has 0 spiro atoms. The van der Waals surface area contributed by atoms with E-state index < -0.39 is 5.97 Å². The molecule has 0 fully saturated rings. The number of aromatic amines is 1. The summed E-state index contributed by atoms with van der Waals surface area (Å²) in [6.07, 6.45) is 1.27. The lowest BCUT2D eigenvalue weighted by Crippen LogP contribution is -1.97. The van der Waals surface area contributed by atoms with E-state index in [0.29, 0.717) is 16.3 Å². The van der Waals surface area contributed by atoms with Crippen molar-refractivity contribution in [3.8, 4) is 11.3 Å². The van der Waals surface area contributed by atoms with Crippen LogP contribution in [0.25, 0.3) is 11.3 Å². The van der Waals surface area contributed by atoms with Gasteiger partial charge in [-0.2, -0.15) is 5.10 Å². The lowest BCUT2D eigenvalue weighted by atomic mass is 10.1. The van der Waals surface area contributed by atoms with E-state index in [0.717, 1.165) is 5.56 Å². The van der Waals surface area contributed by atoms with Crippen LogP contribution >= 0.6 is 11.6 Å². The van der Waals surface area contributed by atoms with E-state index in [1.807, 2.05) is 13.0 Å². The van der Waals surface area contributed by atoms with Crippen LogP contribution in [0.3, 0.4) is 0 Å². The number of hydrogen-bond acceptors (Lipinski definition) is 2. The SMILES string of the molecule is Cc1ccc(-c2[nH]ncc2C(=O)O)c(Cl)c1. The summed E-state index contributed by atoms with van der Waals surface area (Å²) in [4.78, 5) is 10.9. The first-order valence-corrected chi connectivity index (χ1v) is 5.00. The number of carbonyl (C=O) groups is 1. The van der Waals surface area contributed by atoms with E-state index >= 15 is 0 Å². The van der Waals surface area contributed by atoms with Crippen molar-refractivity contribution in [3.63, 3.8) is 0 Å². The van der Waals surface area contributed by atoms with Crippen molar-refractivity contribution >= 4 is 17.6 Å². The van der Waals surface area contributed by atoms with Crippen LogP contribution in [-0.2, 0) is 0 Å². The quantitative estimate of drug-likeness (QED) is 0.843. The lowest BCUT2D eigenvalue weighted by Gasteiger charge is -2.03. The van der Waals surface area contributed by atoms with Gasteiger partial charge in [-0.15, -0.1) is 0 Å². The summed E-state index contributed by atoms with van der Waals surface area (Å²) in [5.74, 6) is -1.03. The van der Waals surface area contributed by atoms with Crippen molar-refractivity contribution in [2.45, 2.75) is 6.92 Å². The summed E-state index contributed by atoms with van der Waals surface area (Å²) >= 11 is 6.06. The van der Waals surface area contributed by atoms with Gasteiger partial charge >= 0.3 is 5.97 Å². The highest BCUT2D eigenvalue weighted by molar-refractivity contribution is 6.33. The second kappa shape index (κ2) is 3.98. The molecular weight excluding hydrogens is 228 g/mol. The smallest absolute Gasteiger partial charge is 0.339 e. The number of nitrogens with one attached hydrogen (secondary N) is 1. The molecule has 0 aliphatic rings. The monoisotopic (exact) mass is 236 g/mol. The first-order valence-electron chi connectivity index (χ1n) is 4.63. The molecule has 2 rings (SSSR count). The first-order chi connectivity index (χ1) is 7.59. The number of carboxylic acid groups (broad SMARTS) is 1. The number of nitrogens with zero attached hydrogens (tertiary/aromatic N) is 1. The molecule has 1 heterocycles. The number of aromatic nitrogens is 2. The summed E-state index contributed by atoms with van der Waals surface area (Å²) in [6.45, 7) is 1.92. The number of benzene rings is 1. The Bertz CT molecular complexity index is 549. The van der Waals surface area contributed by atoms with Gasteiger partial charge in [0.25, 0.3) is 0 Å². The number of rotatable bonds is 2. The highest BCUT2D eigenvalue weighted by atomic mass is 35.5. The minimum absolute atomic E-state index is 0.116. The lowest BCUT2D eigenvalue weighted by molar-refractivity contribution is 0.0698. The van der Waals surface area contributed by atoms with Gasteiger partial charge in [-0.3, -0.25) is 5.10 Å². The largest absolute Gasteiger partial charge is 0.478 e. The Morgan fingerprint density at radius 3 is 2.88 bits per heavy atom. The van der Waals surface area contributed by atoms with Crippen molar-refractivity contribution in [1.82, 2.24) is 10.2 Å². The number of aryl methyl sites for hydroxylation is 1. The van der Waals surface area contributed by atoms with Gasteiger partial charge in [0.1, 0.15) is 5.56 Å². The van der Waals surface area contributed by atoms with Crippen LogP contribution in [0.4, 0.5) is 0 Å². The highest BCUT2D eigenvalue weighted by Gasteiger charge is 2.15. The minimum Gasteiger partial charge on any atom is -0.478 e. The summed E-state index contributed by atoms with van der Waals surface area (Å²) in [5, 5.41) is 15.8. The van der Waals surface area contributed by atoms with Gasteiger partial charge in [-0.05, 0) is 18.6 Å². The molecule has 1 aromatic heterocycles. The number of H-pyrrole nitrogens is 1. The van der Waals surface area contributed by atoms with Gasteiger partial charge in [0.05, 0.1) is 16.9 Å². The van der Waals surface area contributed by atoms with Crippen molar-refractivity contribution in [2.75, 3.05) is 0 Å². The third-order valence-corrected chi connectivity index (χ3v) is 2.58. The van der Waals surface area contributed by atoms with Crippen molar-refractivity contribution in [3.05, 3.63) is 40.5 Å². The van der Waals surface area contributed by atoms with Crippen LogP contribution in [0, 0.1) is 6.92 Å². The van der Waals surface area contributed by atoms with E-state index in [9.17, 15) is 4.79 Å². The van der Waals surface area contributed by atoms with Gasteiger partial charge in [-0.1, -0.05) is 23.7 Å². The van der Waals surface area contributed by atoms with E-state index in [-0.39, 0.29) is 5.56 Å². The van der Waals surface area contributed by atoms with Gasteiger partial charge in [0, 0.05) is 5.56 Å². The van der Waals surface area contributed by atoms with Crippen molar-refractivity contribution in [1.29, 1.82) is 0 Å². The van der Waals surface area contributed by atoms with Crippen molar-refractivity contribution < 1.29 is 9.90 Å². The molecule has 16 heavy (non-hydrogen) atoms. The number of halogens is 1. The van der Waals surface area contributed by atoms with E-state index in [4.69, 9.17) is 16.7 Å². The van der Waals surface area contributed by atoms with Gasteiger partial charge in [-0.25, -0.2) is 4.79 Å². The molecule has 2 N–H and O–H groups in total. The second-order valence-electron chi connectivity index (χ2n) is 3.45. The highest BCUT2D eigenvalue weighted by Crippen LogP contribution is 2.29. The Kier molecular flexibility index (Phi) is 2.66. The molecule has 5 heteroatoms. The average molecular weight is 237 g/mol. The van der Waals surface area contributed by atoms with Crippen LogP contribution in [-0.4, -0.2) is 21.3 Å². The predicted octanol–water partition coefficient (Wildman–Crippen LogP) is 2.74. The van der Waals surface area contributed by atoms with Crippen molar-refractivity contribution in [2.24, 2.45) is 0 Å². The Labute approximate surface area is 96.9 Å². The molecule has 0 saturated carbocycles. The van der Waals surface area contributed by atoms with Crippen LogP contribution in [0.1, 0.15) is 15.9 Å². The fourth-order valence-electron chi connectivity index (χ4n) is 1.48. The maximum Gasteiger partial charge on any atom is 0.339 e. The number of aromatic carboxylic acids is 1. The molecule has 0 amide bonds. The number of carboxylic acids is 1. The Hall–Kier alpha value is -1.81. The second-order valence-corrected chi connectivity index (χ2v) is 3.85. The van der Waals surface area contributed by atoms with Gasteiger partial charge < -0.3 is 5.11 Å². The fraction of sp³-hybridized carbons (Fsp3) is 0.0909. The Morgan fingerprint density at radius 2 is 2.25 bits per heavy atom. The van der Waals surface area contributed by atoms with Crippen LogP contribution in [0.15, 0.2) is 24.4 Å². The summed E-state index contributed by atoms with van der Waals surface area (Å²) in [5.41, 5.74) is 2.20. The van der Waals surface area contributed by atoms with Crippen LogP contribution in [0.2, 0.25) is 5.02 Å². The average Bonchev–Trinajstić information content (AvgIpc) is 2.66. The molecule has 0 unspecified atom stereocenters. The molecule has 2 aromatic rings. The van der Waals surface area contributed by atoms with E-state index in [1.54, 1.807) is 12.1 Å². The minimum atomic E-state index is -1.03. The zero-order chi connectivity index (χ0) is 11.7. The molecule has 0 bridgehead atoms. The molecule has 0 radical (unpaired) electrons. The van der Waals surface area contributed by atoms with Gasteiger partial charge in [0.2, 0.25) is 0 Å². The van der Waals surface area contributed by atoms with E-state index in [1.165, 1.54) is 6.20 Å². The molecule has 4 nitrogen and oxygen atoms in total. The fourth-order valence-corrected chi connectivity index (χ4v) is 1.81. The Morgan fingerprint density at radius 1 is 1.50 bits per heavy atom. The topological polar surface area (TPSA) is 66.0 Å². The molecule has 82 valence electrons. The van der Waals surface area contributed by atoms with Crippen LogP contribution in [0.5, 0.6) is 0 Å². The molecule has 1 aromatic carbocycles. The van der Waals surface area contributed by atoms with Crippen LogP contribution < -0.4 is 0 Å². The standard InChI is InChI=1S/C11H9ClN2O2/c1-6-2-3-7(9(12)4-6)10-8(11(15)16)5-13-14-10/h2-5H,1H3,(H,13,14)(H,15,16). The molecule has 0 aliphatic carbocycles. The first kappa shape index (κ1) is 10.7. The maximum absolute atomic E-state index is 10.9. The molecular formula is C11H9ClN2O2. The normalized spacial score (nSPS) is 10.4. The summed E-state index contributed by atoms with van der Waals surface area (Å²) in [6, 6.07) is 5.43.